The smallest absolute Gasteiger partial charge is 0.390 e. The highest BCUT2D eigenvalue weighted by molar-refractivity contribution is 7.46. The monoisotopic (exact) mass is 714 g/mol. The number of aromatic amines is 2. The van der Waals surface area contributed by atoms with Crippen LogP contribution < -0.4 is 22.6 Å². The fourth-order valence-corrected chi connectivity index (χ4v) is 5.48. The van der Waals surface area contributed by atoms with Gasteiger partial charge in [0.25, 0.3) is 22.8 Å². The molecule has 264 valence electrons. The average molecular weight is 714 g/mol. The number of phosphoric ester groups is 1. The van der Waals surface area contributed by atoms with Crippen molar-refractivity contribution in [1.82, 2.24) is 39.0 Å². The van der Waals surface area contributed by atoms with Gasteiger partial charge in [-0.3, -0.25) is 33.2 Å². The lowest BCUT2D eigenvalue weighted by Gasteiger charge is -2.25. The maximum atomic E-state index is 15.0. The van der Waals surface area contributed by atoms with Gasteiger partial charge in [-0.1, -0.05) is 0 Å². The van der Waals surface area contributed by atoms with Gasteiger partial charge in [0.1, 0.15) is 13.2 Å². The van der Waals surface area contributed by atoms with Crippen molar-refractivity contribution in [3.8, 4) is 0 Å². The van der Waals surface area contributed by atoms with Crippen LogP contribution in [0.4, 0.5) is 29.5 Å². The van der Waals surface area contributed by atoms with Crippen LogP contribution in [-0.2, 0) is 18.6 Å². The van der Waals surface area contributed by atoms with Crippen LogP contribution in [0.15, 0.2) is 22.2 Å². The SMILES string of the molecule is C[C@]1(F)[C@H](n2cnc3c(=O)[nH]c(N)nc32)O[C@](F)(CO)[C@H]1O.C[C@]1(F)[C@H](n2cnc3c(=O)[nH]c(N)nc32)O[C@](F)(COP(=O)(O)O)[C@H]1O. The second-order valence-electron chi connectivity index (χ2n) is 11.1. The highest BCUT2D eigenvalue weighted by Crippen LogP contribution is 2.50. The molecule has 11 N–H and O–H groups in total. The molecule has 0 amide bonds. The van der Waals surface area contributed by atoms with Gasteiger partial charge in [-0.25, -0.2) is 32.1 Å². The molecular formula is C22H27F4N10O11P. The van der Waals surface area contributed by atoms with E-state index >= 15 is 4.39 Å². The molecule has 2 aliphatic heterocycles. The molecule has 6 heterocycles. The zero-order valence-electron chi connectivity index (χ0n) is 24.4. The number of hydrogen-bond acceptors (Lipinski definition) is 15. The fourth-order valence-electron chi connectivity index (χ4n) is 5.14. The molecule has 2 aliphatic rings. The predicted octanol–water partition coefficient (Wildman–Crippen LogP) is -1.93. The van der Waals surface area contributed by atoms with Crippen molar-refractivity contribution in [3.05, 3.63) is 33.4 Å². The molecule has 4 aromatic rings. The number of fused-ring (bicyclic) bond motifs is 2. The third-order valence-electron chi connectivity index (χ3n) is 7.52. The zero-order chi connectivity index (χ0) is 35.8. The summed E-state index contributed by atoms with van der Waals surface area (Å²) in [4.78, 5) is 60.3. The van der Waals surface area contributed by atoms with Gasteiger partial charge >= 0.3 is 7.82 Å². The molecule has 0 bridgehead atoms. The van der Waals surface area contributed by atoms with Crippen LogP contribution >= 0.6 is 7.82 Å². The number of nitrogen functional groups attached to an aromatic ring is 2. The Kier molecular flexibility index (Phi) is 8.46. The van der Waals surface area contributed by atoms with Gasteiger partial charge in [-0.05, 0) is 13.8 Å². The van der Waals surface area contributed by atoms with Crippen molar-refractivity contribution < 1.29 is 61.2 Å². The summed E-state index contributed by atoms with van der Waals surface area (Å²) in [6.45, 7) is -0.991. The number of nitrogens with zero attached hydrogens (tertiary/aromatic N) is 6. The number of aliphatic hydroxyl groups is 3. The van der Waals surface area contributed by atoms with Crippen LogP contribution in [0.25, 0.3) is 22.3 Å². The number of ether oxygens (including phenoxy) is 2. The summed E-state index contributed by atoms with van der Waals surface area (Å²) in [5.41, 5.74) is 3.27. The van der Waals surface area contributed by atoms with E-state index in [2.05, 4.69) is 34.4 Å². The maximum absolute atomic E-state index is 15.0. The lowest BCUT2D eigenvalue weighted by atomic mass is 9.97. The Balaban J connectivity index is 0.000000190. The number of halogens is 4. The first-order valence-corrected chi connectivity index (χ1v) is 14.8. The Morgan fingerprint density at radius 3 is 1.65 bits per heavy atom. The van der Waals surface area contributed by atoms with Gasteiger partial charge in [0.15, 0.2) is 58.3 Å². The Morgan fingerprint density at radius 1 is 0.875 bits per heavy atom. The van der Waals surface area contributed by atoms with E-state index < -0.39 is 79.9 Å². The van der Waals surface area contributed by atoms with Crippen molar-refractivity contribution in [2.45, 2.75) is 61.6 Å². The summed E-state index contributed by atoms with van der Waals surface area (Å²) < 4.78 is 85.0. The normalized spacial score (nSPS) is 33.7. The third kappa shape index (κ3) is 5.81. The first-order valence-electron chi connectivity index (χ1n) is 13.3. The van der Waals surface area contributed by atoms with Crippen molar-refractivity contribution in [1.29, 1.82) is 0 Å². The highest BCUT2D eigenvalue weighted by atomic mass is 31.2. The van der Waals surface area contributed by atoms with Crippen molar-refractivity contribution >= 4 is 42.0 Å². The summed E-state index contributed by atoms with van der Waals surface area (Å²) in [6.07, 6.45) is -6.36. The number of nitrogens with one attached hydrogen (secondary N) is 2. The van der Waals surface area contributed by atoms with E-state index in [4.69, 9.17) is 35.8 Å². The minimum absolute atomic E-state index is 0.135. The van der Waals surface area contributed by atoms with Crippen LogP contribution in [0.3, 0.4) is 0 Å². The van der Waals surface area contributed by atoms with Crippen LogP contribution in [0.5, 0.6) is 0 Å². The Bertz CT molecular complexity index is 2030. The zero-order valence-corrected chi connectivity index (χ0v) is 25.3. The highest BCUT2D eigenvalue weighted by Gasteiger charge is 2.66. The molecule has 0 aliphatic carbocycles. The molecule has 0 radical (unpaired) electrons. The number of imidazole rings is 2. The van der Waals surface area contributed by atoms with Crippen LogP contribution in [0, 0.1) is 0 Å². The van der Waals surface area contributed by atoms with Gasteiger partial charge in [0.05, 0.1) is 12.7 Å². The van der Waals surface area contributed by atoms with Gasteiger partial charge in [-0.2, -0.15) is 9.97 Å². The van der Waals surface area contributed by atoms with Crippen molar-refractivity contribution in [2.24, 2.45) is 0 Å². The van der Waals surface area contributed by atoms with Crippen molar-refractivity contribution in [3.63, 3.8) is 0 Å². The standard InChI is InChI=1S/C11H14F2N5O7P.C11H13F2N5O4/c1-10(12)7(20)11(13,2-24-26(21,22)23)25-8(10)18-3-15-4-5(18)16-9(14)17-6(4)19;1-10(12)7(21)11(13,2-19)22-8(10)18-3-15-4-5(18)16-9(14)17-6(4)20/h3,7-8,20H,2H2,1H3,(H2,21,22,23)(H3,14,16,17,19);3,7-8,19,21H,2H2,1H3,(H3,14,16,17,20)/t2*7-,8+,10+,11+/m00/s1. The number of phosphoric acid groups is 1. The van der Waals surface area contributed by atoms with E-state index in [9.17, 15) is 37.5 Å². The molecule has 0 saturated carbocycles. The molecule has 21 nitrogen and oxygen atoms in total. The minimum atomic E-state index is -5.11. The number of aromatic nitrogens is 8. The maximum Gasteiger partial charge on any atom is 0.469 e. The van der Waals surface area contributed by atoms with Crippen LogP contribution in [0.1, 0.15) is 26.3 Å². The number of hydrogen-bond donors (Lipinski definition) is 9. The molecule has 0 unspecified atom stereocenters. The molecular weight excluding hydrogens is 687 g/mol. The lowest BCUT2D eigenvalue weighted by Crippen LogP contribution is -2.46. The number of nitrogens with two attached hydrogens (primary N) is 2. The number of alkyl halides is 4. The van der Waals surface area contributed by atoms with E-state index in [1.165, 1.54) is 0 Å². The molecule has 26 heteroatoms. The molecule has 0 spiro atoms. The van der Waals surface area contributed by atoms with E-state index in [1.807, 2.05) is 0 Å². The van der Waals surface area contributed by atoms with E-state index in [0.29, 0.717) is 0 Å². The second kappa shape index (κ2) is 11.5. The summed E-state index contributed by atoms with van der Waals surface area (Å²) in [7, 11) is -5.11. The summed E-state index contributed by atoms with van der Waals surface area (Å²) in [5.74, 6) is -6.84. The van der Waals surface area contributed by atoms with E-state index in [0.717, 1.165) is 35.6 Å². The second-order valence-corrected chi connectivity index (χ2v) is 12.3. The quantitative estimate of drug-likeness (QED) is 0.0776. The Hall–Kier alpha value is -4.07. The number of H-pyrrole nitrogens is 2. The number of anilines is 2. The molecule has 48 heavy (non-hydrogen) atoms. The lowest BCUT2D eigenvalue weighted by molar-refractivity contribution is -0.206. The van der Waals surface area contributed by atoms with Crippen LogP contribution in [-0.4, -0.2) is 113 Å². The van der Waals surface area contributed by atoms with Crippen LogP contribution in [0.2, 0.25) is 0 Å². The van der Waals surface area contributed by atoms with E-state index in [-0.39, 0.29) is 34.2 Å². The van der Waals surface area contributed by atoms with E-state index in [1.54, 1.807) is 0 Å². The number of rotatable bonds is 6. The molecule has 8 atom stereocenters. The molecule has 4 aromatic heterocycles. The first kappa shape index (κ1) is 35.2. The third-order valence-corrected chi connectivity index (χ3v) is 7.98. The Morgan fingerprint density at radius 2 is 1.27 bits per heavy atom. The topological polar surface area (TPSA) is 325 Å². The molecule has 0 aromatic carbocycles. The van der Waals surface area contributed by atoms with Gasteiger partial charge in [0.2, 0.25) is 11.9 Å². The first-order chi connectivity index (χ1) is 22.1. The molecule has 2 saturated heterocycles. The van der Waals surface area contributed by atoms with Gasteiger partial charge < -0.3 is 46.0 Å². The fraction of sp³-hybridized carbons (Fsp3) is 0.545. The number of aliphatic hydroxyl groups excluding tert-OH is 3. The molecule has 2 fully saturated rings. The summed E-state index contributed by atoms with van der Waals surface area (Å²) in [5, 5.41) is 28.7. The molecule has 6 rings (SSSR count). The Labute approximate surface area is 262 Å². The van der Waals surface area contributed by atoms with Gasteiger partial charge in [0, 0.05) is 0 Å². The predicted molar refractivity (Wildman–Crippen MR) is 149 cm³/mol. The minimum Gasteiger partial charge on any atom is -0.390 e. The largest absolute Gasteiger partial charge is 0.469 e. The summed E-state index contributed by atoms with van der Waals surface area (Å²) in [6, 6.07) is 0. The van der Waals surface area contributed by atoms with Gasteiger partial charge in [-0.15, -0.1) is 0 Å². The van der Waals surface area contributed by atoms with Crippen molar-refractivity contribution in [2.75, 3.05) is 24.7 Å². The summed E-state index contributed by atoms with van der Waals surface area (Å²) >= 11 is 0. The average Bonchev–Trinajstić information content (AvgIpc) is 3.68.